The van der Waals surface area contributed by atoms with E-state index >= 15 is 0 Å². The van der Waals surface area contributed by atoms with Crippen LogP contribution < -0.4 is 48.7 Å². The summed E-state index contributed by atoms with van der Waals surface area (Å²) in [7, 11) is 2.06. The van der Waals surface area contributed by atoms with Crippen LogP contribution in [0, 0.1) is 5.92 Å². The summed E-state index contributed by atoms with van der Waals surface area (Å²) >= 11 is 0. The zero-order valence-electron chi connectivity index (χ0n) is 39.1. The summed E-state index contributed by atoms with van der Waals surface area (Å²) in [5.41, 5.74) is 14.4. The molecule has 1 aromatic heterocycles. The second-order valence-electron chi connectivity index (χ2n) is 17.3. The molecule has 1 saturated heterocycles. The van der Waals surface area contributed by atoms with E-state index in [4.69, 9.17) is 11.5 Å². The van der Waals surface area contributed by atoms with E-state index in [-0.39, 0.29) is 55.9 Å². The normalized spacial score (nSPS) is 22.1. The summed E-state index contributed by atoms with van der Waals surface area (Å²) < 4.78 is 0. The molecule has 70 heavy (non-hydrogen) atoms. The number of benzene rings is 3. The fraction of sp³-hybridized carbons (Fsp3) is 0.417. The summed E-state index contributed by atoms with van der Waals surface area (Å²) in [6.45, 7) is 4.75. The Balaban J connectivity index is 1.60. The number of aromatic hydroxyl groups is 1. The summed E-state index contributed by atoms with van der Waals surface area (Å²) in [5.74, 6) is -7.75. The lowest BCUT2D eigenvalue weighted by Crippen LogP contribution is -2.61. The van der Waals surface area contributed by atoms with Crippen molar-refractivity contribution in [1.29, 1.82) is 0 Å². The molecule has 8 unspecified atom stereocenters. The fourth-order valence-electron chi connectivity index (χ4n) is 7.49. The lowest BCUT2D eigenvalue weighted by Gasteiger charge is -2.29. The van der Waals surface area contributed by atoms with Crippen LogP contribution in [0.5, 0.6) is 5.75 Å². The van der Waals surface area contributed by atoms with Crippen LogP contribution >= 0.6 is 21.6 Å². The quantitative estimate of drug-likeness (QED) is 0.0723. The Bertz CT molecular complexity index is 2460. The third-order valence-corrected chi connectivity index (χ3v) is 13.9. The highest BCUT2D eigenvalue weighted by Gasteiger charge is 2.36. The van der Waals surface area contributed by atoms with Crippen molar-refractivity contribution in [2.45, 2.75) is 101 Å². The number of aromatic amines is 1. The number of H-pyrrole nitrogens is 1. The Kier molecular flexibility index (Phi) is 20.5. The fourth-order valence-corrected chi connectivity index (χ4v) is 9.81. The van der Waals surface area contributed by atoms with Gasteiger partial charge in [0.15, 0.2) is 0 Å². The van der Waals surface area contributed by atoms with E-state index in [1.807, 2.05) is 24.3 Å². The highest BCUT2D eigenvalue weighted by Crippen LogP contribution is 2.25. The molecule has 14 N–H and O–H groups in total. The van der Waals surface area contributed by atoms with Crippen LogP contribution in [-0.4, -0.2) is 129 Å². The van der Waals surface area contributed by atoms with Crippen molar-refractivity contribution < 1.29 is 48.6 Å². The van der Waals surface area contributed by atoms with E-state index in [0.717, 1.165) is 32.5 Å². The first kappa shape index (κ1) is 54.3. The minimum Gasteiger partial charge on any atom is -0.508 e. The van der Waals surface area contributed by atoms with Crippen molar-refractivity contribution in [1.82, 2.24) is 42.2 Å². The molecule has 1 aliphatic rings. The van der Waals surface area contributed by atoms with Gasteiger partial charge in [-0.2, -0.15) is 0 Å². The number of amides is 7. The van der Waals surface area contributed by atoms with Crippen LogP contribution in [0.15, 0.2) is 85.1 Å². The smallest absolute Gasteiger partial charge is 0.326 e. The maximum absolute atomic E-state index is 14.7. The largest absolute Gasteiger partial charge is 0.508 e. The highest BCUT2D eigenvalue weighted by molar-refractivity contribution is 8.76. The molecule has 4 aromatic rings. The molecule has 1 aliphatic heterocycles. The number of hydrogen-bond acceptors (Lipinski definition) is 13. The van der Waals surface area contributed by atoms with Gasteiger partial charge in [0.05, 0.1) is 6.04 Å². The SMILES string of the molecule is CC(N)C(=O)NC1CSSCC(C(=O)NC(C(=O)O)C(C)C)NC(=O)C(Cc2ccc(O)cc2)NC(=O)C(CCCN)NC(=O)C(Cc2c[nH]c3ccccc23)NC(=O)C(Cc2ccccc2)NC1=O. The van der Waals surface area contributed by atoms with E-state index in [1.165, 1.54) is 31.2 Å². The number of rotatable bonds is 15. The third kappa shape index (κ3) is 16.0. The van der Waals surface area contributed by atoms with Gasteiger partial charge in [0.2, 0.25) is 41.4 Å². The number of fused-ring (bicyclic) bond motifs is 1. The van der Waals surface area contributed by atoms with E-state index in [1.54, 1.807) is 50.4 Å². The summed E-state index contributed by atoms with van der Waals surface area (Å²) in [4.78, 5) is 115. The Hall–Kier alpha value is -6.62. The van der Waals surface area contributed by atoms with Gasteiger partial charge in [-0.1, -0.05) is 96.1 Å². The summed E-state index contributed by atoms with van der Waals surface area (Å²) in [6, 6.07) is 11.6. The van der Waals surface area contributed by atoms with Crippen LogP contribution in [0.1, 0.15) is 50.3 Å². The zero-order chi connectivity index (χ0) is 50.9. The number of carbonyl (C=O) groups is 8. The number of aliphatic carboxylic acids is 1. The average molecular weight is 1000 g/mol. The summed E-state index contributed by atoms with van der Waals surface area (Å²) in [6.07, 6.45) is 1.68. The minimum absolute atomic E-state index is 0.00125. The van der Waals surface area contributed by atoms with Gasteiger partial charge in [0.25, 0.3) is 0 Å². The van der Waals surface area contributed by atoms with Gasteiger partial charge in [-0.25, -0.2) is 4.79 Å². The molecule has 0 bridgehead atoms. The first-order valence-corrected chi connectivity index (χ1v) is 25.3. The molecule has 7 amide bonds. The zero-order valence-corrected chi connectivity index (χ0v) is 40.7. The average Bonchev–Trinajstić information content (AvgIpc) is 3.74. The van der Waals surface area contributed by atoms with Crippen LogP contribution in [0.3, 0.4) is 0 Å². The first-order valence-electron chi connectivity index (χ1n) is 22.9. The molecule has 20 nitrogen and oxygen atoms in total. The van der Waals surface area contributed by atoms with Crippen LogP contribution in [0.25, 0.3) is 10.9 Å². The molecule has 3 aromatic carbocycles. The number of nitrogens with one attached hydrogen (secondary N) is 8. The Morgan fingerprint density at radius 2 is 1.24 bits per heavy atom. The van der Waals surface area contributed by atoms with Gasteiger partial charge in [-0.3, -0.25) is 33.6 Å². The standard InChI is InChI=1S/C48H62N10O10S2/c1-26(2)40(48(67)68)58-47(66)39-25-70-69-24-38(56-41(60)27(3)50)46(65)54-35(20-28-10-5-4-6-11-28)43(62)55-37(22-30-23-51-33-13-8-7-12-32(30)33)45(64)52-34(14-9-19-49)42(61)53-36(44(63)57-39)21-29-15-17-31(59)18-16-29/h4-8,10-13,15-18,23,26-27,34-40,51,59H,9,14,19-22,24-25,49-50H2,1-3H3,(H,52,64)(H,53,61)(H,54,65)(H,55,62)(H,56,60)(H,57,63)(H,58,66)(H,67,68). The van der Waals surface area contributed by atoms with Gasteiger partial charge in [0, 0.05) is 47.9 Å². The number of nitrogens with two attached hydrogens (primary N) is 2. The first-order chi connectivity index (χ1) is 33.4. The molecule has 0 spiro atoms. The maximum atomic E-state index is 14.7. The number of para-hydroxylation sites is 1. The number of carbonyl (C=O) groups excluding carboxylic acids is 7. The number of carboxylic acids is 1. The van der Waals surface area contributed by atoms with Crippen molar-refractivity contribution in [2.75, 3.05) is 18.1 Å². The van der Waals surface area contributed by atoms with Crippen molar-refractivity contribution in [3.05, 3.63) is 102 Å². The molecule has 0 radical (unpaired) electrons. The number of hydrogen-bond donors (Lipinski definition) is 12. The van der Waals surface area contributed by atoms with E-state index in [0.29, 0.717) is 16.7 Å². The highest BCUT2D eigenvalue weighted by atomic mass is 33.1. The molecule has 0 aliphatic carbocycles. The molecule has 376 valence electrons. The maximum Gasteiger partial charge on any atom is 0.326 e. The predicted molar refractivity (Wildman–Crippen MR) is 267 cm³/mol. The molecule has 8 atom stereocenters. The Morgan fingerprint density at radius 3 is 1.86 bits per heavy atom. The van der Waals surface area contributed by atoms with E-state index in [2.05, 4.69) is 42.2 Å². The number of phenolic OH excluding ortho intramolecular Hbond substituents is 1. The molecule has 5 rings (SSSR count). The van der Waals surface area contributed by atoms with Crippen molar-refractivity contribution in [2.24, 2.45) is 17.4 Å². The molecular formula is C48H62N10O10S2. The van der Waals surface area contributed by atoms with Crippen LogP contribution in [0.2, 0.25) is 0 Å². The third-order valence-electron chi connectivity index (χ3n) is 11.4. The van der Waals surface area contributed by atoms with Crippen molar-refractivity contribution in [3.63, 3.8) is 0 Å². The number of phenols is 1. The number of aromatic nitrogens is 1. The molecule has 2 heterocycles. The molecule has 22 heteroatoms. The van der Waals surface area contributed by atoms with Crippen LogP contribution in [-0.2, 0) is 57.6 Å². The molecule has 1 fully saturated rings. The molecule has 0 saturated carbocycles. The van der Waals surface area contributed by atoms with E-state index in [9.17, 15) is 48.6 Å². The molecular weight excluding hydrogens is 941 g/mol. The van der Waals surface area contributed by atoms with E-state index < -0.39 is 102 Å². The van der Waals surface area contributed by atoms with Gasteiger partial charge < -0.3 is 63.9 Å². The lowest BCUT2D eigenvalue weighted by molar-refractivity contribution is -0.143. The second-order valence-corrected chi connectivity index (χ2v) is 19.9. The summed E-state index contributed by atoms with van der Waals surface area (Å²) in [5, 5.41) is 39.6. The lowest BCUT2D eigenvalue weighted by atomic mass is 10.0. The van der Waals surface area contributed by atoms with Crippen LogP contribution in [0.4, 0.5) is 0 Å². The predicted octanol–water partition coefficient (Wildman–Crippen LogP) is 0.517. The van der Waals surface area contributed by atoms with Crippen molar-refractivity contribution >= 4 is 79.8 Å². The van der Waals surface area contributed by atoms with Gasteiger partial charge in [-0.15, -0.1) is 0 Å². The van der Waals surface area contributed by atoms with Gasteiger partial charge in [-0.05, 0) is 67.1 Å². The second kappa shape index (κ2) is 26.4. The Labute approximate surface area is 413 Å². The van der Waals surface area contributed by atoms with Gasteiger partial charge in [0.1, 0.15) is 48.0 Å². The number of carboxylic acid groups (broad SMARTS) is 1. The monoisotopic (exact) mass is 1000 g/mol. The Morgan fingerprint density at radius 1 is 0.700 bits per heavy atom. The van der Waals surface area contributed by atoms with Gasteiger partial charge >= 0.3 is 5.97 Å². The minimum atomic E-state index is -1.42. The topological polar surface area (TPSA) is 329 Å². The van der Waals surface area contributed by atoms with Crippen molar-refractivity contribution in [3.8, 4) is 5.75 Å².